The van der Waals surface area contributed by atoms with Gasteiger partial charge in [-0.15, -0.1) is 0 Å². The van der Waals surface area contributed by atoms with Gasteiger partial charge in [0.1, 0.15) is 11.9 Å². The number of anilines is 1. The highest BCUT2D eigenvalue weighted by atomic mass is 16.5. The topological polar surface area (TPSA) is 88.3 Å². The molecule has 2 rings (SSSR count). The van der Waals surface area contributed by atoms with Gasteiger partial charge < -0.3 is 29.6 Å². The van der Waals surface area contributed by atoms with Gasteiger partial charge >= 0.3 is 0 Å². The maximum absolute atomic E-state index is 10.1. The van der Waals surface area contributed by atoms with Crippen LogP contribution >= 0.6 is 0 Å². The average Bonchev–Trinajstić information content (AvgIpc) is 3.15. The number of aliphatic hydroxyl groups is 1. The third kappa shape index (κ3) is 5.42. The van der Waals surface area contributed by atoms with Crippen LogP contribution in [0.25, 0.3) is 0 Å². The Balaban J connectivity index is 2.09. The maximum Gasteiger partial charge on any atom is 0.195 e. The van der Waals surface area contributed by atoms with Crippen LogP contribution in [0, 0.1) is 0 Å². The second-order valence-corrected chi connectivity index (χ2v) is 5.17. The first-order valence-corrected chi connectivity index (χ1v) is 8.25. The summed E-state index contributed by atoms with van der Waals surface area (Å²) in [6, 6.07) is 9.00. The summed E-state index contributed by atoms with van der Waals surface area (Å²) in [5, 5.41) is 16.4. The molecule has 0 fully saturated rings. The number of aliphatic imine (C=N–C) groups is 1. The minimum absolute atomic E-state index is 0.178. The van der Waals surface area contributed by atoms with E-state index in [2.05, 4.69) is 15.6 Å². The van der Waals surface area contributed by atoms with Crippen LogP contribution in [0.15, 0.2) is 46.0 Å². The summed E-state index contributed by atoms with van der Waals surface area (Å²) in [4.78, 5) is 4.40. The zero-order valence-corrected chi connectivity index (χ0v) is 14.8. The summed E-state index contributed by atoms with van der Waals surface area (Å²) in [5.41, 5.74) is 0.802. The molecule has 1 heterocycles. The van der Waals surface area contributed by atoms with E-state index in [1.165, 1.54) is 6.26 Å². The Morgan fingerprint density at radius 2 is 2.12 bits per heavy atom. The molecular weight excluding hydrogens is 322 g/mol. The molecule has 0 aliphatic rings. The number of guanidine groups is 1. The van der Waals surface area contributed by atoms with E-state index in [1.807, 2.05) is 32.0 Å². The predicted octanol–water partition coefficient (Wildman–Crippen LogP) is 2.80. The van der Waals surface area contributed by atoms with Crippen molar-refractivity contribution < 1.29 is 19.0 Å². The molecule has 0 saturated heterocycles. The minimum atomic E-state index is -0.791. The van der Waals surface area contributed by atoms with Gasteiger partial charge in [-0.2, -0.15) is 0 Å². The quantitative estimate of drug-likeness (QED) is 0.503. The van der Waals surface area contributed by atoms with Gasteiger partial charge in [-0.1, -0.05) is 0 Å². The number of ether oxygens (including phenoxy) is 2. The Morgan fingerprint density at radius 3 is 2.76 bits per heavy atom. The molecule has 1 atom stereocenters. The largest absolute Gasteiger partial charge is 0.493 e. The van der Waals surface area contributed by atoms with Gasteiger partial charge in [-0.25, -0.2) is 4.99 Å². The van der Waals surface area contributed by atoms with Gasteiger partial charge in [0, 0.05) is 18.3 Å². The lowest BCUT2D eigenvalue weighted by Crippen LogP contribution is -2.31. The number of methoxy groups -OCH3 is 1. The van der Waals surface area contributed by atoms with E-state index in [0.29, 0.717) is 36.4 Å². The number of benzene rings is 1. The molecule has 1 unspecified atom stereocenters. The van der Waals surface area contributed by atoms with E-state index in [4.69, 9.17) is 13.9 Å². The van der Waals surface area contributed by atoms with E-state index in [0.717, 1.165) is 5.69 Å². The molecule has 0 aliphatic heterocycles. The Labute approximate surface area is 147 Å². The van der Waals surface area contributed by atoms with E-state index in [-0.39, 0.29) is 6.54 Å². The van der Waals surface area contributed by atoms with Gasteiger partial charge in [0.2, 0.25) is 0 Å². The molecule has 7 nitrogen and oxygen atoms in total. The number of nitrogens with zero attached hydrogens (tertiary/aromatic N) is 1. The molecule has 2 aromatic rings. The lowest BCUT2D eigenvalue weighted by Gasteiger charge is -2.15. The molecule has 0 amide bonds. The normalized spacial score (nSPS) is 12.6. The zero-order chi connectivity index (χ0) is 18.1. The van der Waals surface area contributed by atoms with Crippen molar-refractivity contribution in [3.63, 3.8) is 0 Å². The molecule has 0 aliphatic carbocycles. The van der Waals surface area contributed by atoms with Crippen LogP contribution in [0.5, 0.6) is 11.5 Å². The first-order valence-electron chi connectivity index (χ1n) is 8.25. The van der Waals surface area contributed by atoms with Crippen molar-refractivity contribution in [2.75, 3.05) is 32.1 Å². The zero-order valence-electron chi connectivity index (χ0n) is 14.8. The van der Waals surface area contributed by atoms with Crippen LogP contribution in [0.1, 0.15) is 25.7 Å². The second-order valence-electron chi connectivity index (χ2n) is 5.17. The first kappa shape index (κ1) is 18.7. The Morgan fingerprint density at radius 1 is 1.28 bits per heavy atom. The van der Waals surface area contributed by atoms with Gasteiger partial charge in [-0.3, -0.25) is 0 Å². The number of furan rings is 1. The Hall–Kier alpha value is -2.67. The summed E-state index contributed by atoms with van der Waals surface area (Å²) in [5.74, 6) is 2.37. The summed E-state index contributed by atoms with van der Waals surface area (Å²) >= 11 is 0. The van der Waals surface area contributed by atoms with Crippen molar-refractivity contribution in [3.8, 4) is 11.5 Å². The number of nitrogens with one attached hydrogen (secondary N) is 2. The number of hydrogen-bond acceptors (Lipinski definition) is 5. The van der Waals surface area contributed by atoms with Crippen molar-refractivity contribution >= 4 is 11.6 Å². The van der Waals surface area contributed by atoms with Crippen molar-refractivity contribution in [1.29, 1.82) is 0 Å². The average molecular weight is 347 g/mol. The fourth-order valence-electron chi connectivity index (χ4n) is 2.22. The molecule has 3 N–H and O–H groups in total. The SMILES string of the molecule is CCNC(=NCC(O)c1ccco1)Nc1ccc(OC)c(OCC)c1. The third-order valence-corrected chi connectivity index (χ3v) is 3.36. The third-order valence-electron chi connectivity index (χ3n) is 3.36. The summed E-state index contributed by atoms with van der Waals surface area (Å²) < 4.78 is 16.0. The molecule has 1 aromatic heterocycles. The van der Waals surface area contributed by atoms with E-state index in [9.17, 15) is 5.11 Å². The van der Waals surface area contributed by atoms with Crippen LogP contribution in [-0.4, -0.2) is 37.9 Å². The van der Waals surface area contributed by atoms with Crippen LogP contribution in [0.4, 0.5) is 5.69 Å². The summed E-state index contributed by atoms with van der Waals surface area (Å²) in [7, 11) is 1.60. The van der Waals surface area contributed by atoms with Gasteiger partial charge in [0.15, 0.2) is 17.5 Å². The van der Waals surface area contributed by atoms with Crippen LogP contribution in [-0.2, 0) is 0 Å². The van der Waals surface area contributed by atoms with Gasteiger partial charge in [-0.05, 0) is 38.1 Å². The van der Waals surface area contributed by atoms with Gasteiger partial charge in [0.05, 0.1) is 26.5 Å². The standard InChI is InChI=1S/C18H25N3O4/c1-4-19-18(20-12-14(22)15-7-6-10-25-15)21-13-8-9-16(23-3)17(11-13)24-5-2/h6-11,14,22H,4-5,12H2,1-3H3,(H2,19,20,21). The van der Waals surface area contributed by atoms with E-state index >= 15 is 0 Å². The molecule has 7 heteroatoms. The smallest absolute Gasteiger partial charge is 0.195 e. The van der Waals surface area contributed by atoms with E-state index < -0.39 is 6.10 Å². The van der Waals surface area contributed by atoms with Gasteiger partial charge in [0.25, 0.3) is 0 Å². The fraction of sp³-hybridized carbons (Fsp3) is 0.389. The predicted molar refractivity (Wildman–Crippen MR) is 97.4 cm³/mol. The van der Waals surface area contributed by atoms with Crippen molar-refractivity contribution in [2.45, 2.75) is 20.0 Å². The summed E-state index contributed by atoms with van der Waals surface area (Å²) in [6.45, 7) is 5.30. The van der Waals surface area contributed by atoms with E-state index in [1.54, 1.807) is 19.2 Å². The molecule has 0 radical (unpaired) electrons. The van der Waals surface area contributed by atoms with Crippen molar-refractivity contribution in [1.82, 2.24) is 5.32 Å². The monoisotopic (exact) mass is 347 g/mol. The van der Waals surface area contributed by atoms with Crippen LogP contribution in [0.2, 0.25) is 0 Å². The highest BCUT2D eigenvalue weighted by molar-refractivity contribution is 5.93. The minimum Gasteiger partial charge on any atom is -0.493 e. The molecule has 136 valence electrons. The lowest BCUT2D eigenvalue weighted by molar-refractivity contribution is 0.158. The molecule has 25 heavy (non-hydrogen) atoms. The Kier molecular flexibility index (Phi) is 7.16. The molecule has 0 saturated carbocycles. The fourth-order valence-corrected chi connectivity index (χ4v) is 2.22. The van der Waals surface area contributed by atoms with Crippen molar-refractivity contribution in [3.05, 3.63) is 42.4 Å². The Bertz CT molecular complexity index is 671. The molecular formula is C18H25N3O4. The highest BCUT2D eigenvalue weighted by Gasteiger charge is 2.11. The number of aliphatic hydroxyl groups excluding tert-OH is 1. The summed E-state index contributed by atoms with van der Waals surface area (Å²) in [6.07, 6.45) is 0.735. The molecule has 0 spiro atoms. The van der Waals surface area contributed by atoms with Crippen LogP contribution < -0.4 is 20.1 Å². The van der Waals surface area contributed by atoms with Crippen LogP contribution in [0.3, 0.4) is 0 Å². The lowest BCUT2D eigenvalue weighted by atomic mass is 10.2. The number of hydrogen-bond donors (Lipinski definition) is 3. The molecule has 1 aromatic carbocycles. The first-order chi connectivity index (χ1) is 12.2. The highest BCUT2D eigenvalue weighted by Crippen LogP contribution is 2.30. The number of rotatable bonds is 8. The molecule has 0 bridgehead atoms. The van der Waals surface area contributed by atoms with Crippen molar-refractivity contribution in [2.24, 2.45) is 4.99 Å². The second kappa shape index (κ2) is 9.58. The maximum atomic E-state index is 10.1.